The Balaban J connectivity index is 1.66. The smallest absolute Gasteiger partial charge is 0.239 e. The summed E-state index contributed by atoms with van der Waals surface area (Å²) in [5.74, 6) is 0.262. The minimum absolute atomic E-state index is 0.0276. The average molecular weight is 252 g/mol. The van der Waals surface area contributed by atoms with Crippen molar-refractivity contribution < 1.29 is 9.90 Å². The van der Waals surface area contributed by atoms with E-state index in [1.807, 2.05) is 4.90 Å². The van der Waals surface area contributed by atoms with Gasteiger partial charge in [-0.1, -0.05) is 13.8 Å². The summed E-state index contributed by atoms with van der Waals surface area (Å²) in [5.41, 5.74) is -0.142. The molecule has 4 heteroatoms. The predicted molar refractivity (Wildman–Crippen MR) is 69.1 cm³/mol. The van der Waals surface area contributed by atoms with E-state index in [1.165, 1.54) is 12.8 Å². The fraction of sp³-hybridized carbons (Fsp3) is 0.929. The van der Waals surface area contributed by atoms with Crippen molar-refractivity contribution in [2.45, 2.75) is 70.2 Å². The summed E-state index contributed by atoms with van der Waals surface area (Å²) in [4.78, 5) is 14.5. The van der Waals surface area contributed by atoms with Gasteiger partial charge in [-0.05, 0) is 32.1 Å². The molecular weight excluding hydrogens is 228 g/mol. The lowest BCUT2D eigenvalue weighted by Gasteiger charge is -2.55. The molecule has 0 aromatic carbocycles. The van der Waals surface area contributed by atoms with E-state index in [0.717, 1.165) is 25.8 Å². The molecule has 1 saturated heterocycles. The van der Waals surface area contributed by atoms with Crippen LogP contribution in [0.25, 0.3) is 0 Å². The van der Waals surface area contributed by atoms with Crippen molar-refractivity contribution in [3.05, 3.63) is 0 Å². The number of hydrogen-bond donors (Lipinski definition) is 2. The number of piperidine rings is 1. The Kier molecular flexibility index (Phi) is 2.90. The van der Waals surface area contributed by atoms with Gasteiger partial charge in [0, 0.05) is 24.0 Å². The zero-order chi connectivity index (χ0) is 12.9. The topological polar surface area (TPSA) is 52.6 Å². The molecule has 3 aliphatic rings. The molecule has 0 radical (unpaired) electrons. The molecule has 2 saturated carbocycles. The third-order valence-corrected chi connectivity index (χ3v) is 5.03. The lowest BCUT2D eigenvalue weighted by atomic mass is 9.63. The number of nitrogens with one attached hydrogen (secondary N) is 1. The molecule has 0 bridgehead atoms. The highest BCUT2D eigenvalue weighted by Gasteiger charge is 2.52. The maximum atomic E-state index is 12.5. The number of carbonyl (C=O) groups excluding carboxylic acids is 1. The van der Waals surface area contributed by atoms with Crippen molar-refractivity contribution in [1.82, 2.24) is 10.2 Å². The Bertz CT molecular complexity index is 352. The lowest BCUT2D eigenvalue weighted by Crippen LogP contribution is -2.66. The molecule has 0 aromatic heterocycles. The van der Waals surface area contributed by atoms with Crippen molar-refractivity contribution in [1.29, 1.82) is 0 Å². The molecule has 0 spiro atoms. The summed E-state index contributed by atoms with van der Waals surface area (Å²) in [6, 6.07) is 0.836. The summed E-state index contributed by atoms with van der Waals surface area (Å²) < 4.78 is 0. The van der Waals surface area contributed by atoms with E-state index < -0.39 is 0 Å². The van der Waals surface area contributed by atoms with E-state index in [1.54, 1.807) is 0 Å². The Hall–Kier alpha value is -0.610. The zero-order valence-electron chi connectivity index (χ0n) is 11.4. The van der Waals surface area contributed by atoms with Gasteiger partial charge in [0.1, 0.15) is 0 Å². The molecule has 18 heavy (non-hydrogen) atoms. The van der Waals surface area contributed by atoms with E-state index >= 15 is 0 Å². The van der Waals surface area contributed by atoms with Crippen LogP contribution in [0.15, 0.2) is 0 Å². The third-order valence-electron chi connectivity index (χ3n) is 5.03. The number of hydrogen-bond acceptors (Lipinski definition) is 3. The molecule has 1 amide bonds. The van der Waals surface area contributed by atoms with Gasteiger partial charge in [-0.2, -0.15) is 0 Å². The van der Waals surface area contributed by atoms with Gasteiger partial charge in [0.25, 0.3) is 0 Å². The van der Waals surface area contributed by atoms with Crippen LogP contribution in [0.4, 0.5) is 0 Å². The van der Waals surface area contributed by atoms with Crippen LogP contribution in [0.2, 0.25) is 0 Å². The maximum absolute atomic E-state index is 12.5. The largest absolute Gasteiger partial charge is 0.392 e. The number of aliphatic hydroxyl groups is 1. The van der Waals surface area contributed by atoms with Crippen LogP contribution in [-0.4, -0.2) is 46.7 Å². The monoisotopic (exact) mass is 252 g/mol. The first kappa shape index (κ1) is 12.4. The van der Waals surface area contributed by atoms with Gasteiger partial charge in [0.05, 0.1) is 12.1 Å². The Morgan fingerprint density at radius 2 is 2.06 bits per heavy atom. The van der Waals surface area contributed by atoms with Crippen LogP contribution in [0.3, 0.4) is 0 Å². The molecule has 102 valence electrons. The number of amides is 1. The molecule has 0 aromatic rings. The van der Waals surface area contributed by atoms with Crippen molar-refractivity contribution in [3.63, 3.8) is 0 Å². The van der Waals surface area contributed by atoms with E-state index in [9.17, 15) is 9.90 Å². The molecule has 3 atom stereocenters. The lowest BCUT2D eigenvalue weighted by molar-refractivity contribution is -0.161. The number of aliphatic hydroxyl groups excluding tert-OH is 1. The van der Waals surface area contributed by atoms with Gasteiger partial charge >= 0.3 is 0 Å². The van der Waals surface area contributed by atoms with Gasteiger partial charge in [0.2, 0.25) is 5.91 Å². The van der Waals surface area contributed by atoms with Gasteiger partial charge in [0.15, 0.2) is 0 Å². The summed E-state index contributed by atoms with van der Waals surface area (Å²) in [5, 5.41) is 13.3. The number of rotatable bonds is 3. The van der Waals surface area contributed by atoms with Crippen LogP contribution in [0, 0.1) is 5.41 Å². The molecule has 3 rings (SSSR count). The van der Waals surface area contributed by atoms with Gasteiger partial charge in [-0.25, -0.2) is 0 Å². The van der Waals surface area contributed by atoms with Gasteiger partial charge in [-0.15, -0.1) is 0 Å². The molecular formula is C14H24N2O2. The van der Waals surface area contributed by atoms with E-state index in [4.69, 9.17) is 0 Å². The van der Waals surface area contributed by atoms with E-state index in [2.05, 4.69) is 19.2 Å². The highest BCUT2D eigenvalue weighted by Crippen LogP contribution is 2.44. The van der Waals surface area contributed by atoms with Crippen LogP contribution < -0.4 is 5.32 Å². The quantitative estimate of drug-likeness (QED) is 0.784. The number of nitrogens with zero attached hydrogens (tertiary/aromatic N) is 1. The first-order chi connectivity index (χ1) is 8.50. The summed E-state index contributed by atoms with van der Waals surface area (Å²) in [7, 11) is 0. The van der Waals surface area contributed by atoms with Crippen LogP contribution in [0.5, 0.6) is 0 Å². The first-order valence-electron chi connectivity index (χ1n) is 7.24. The van der Waals surface area contributed by atoms with Crippen LogP contribution in [-0.2, 0) is 4.79 Å². The standard InChI is InChI=1S/C14H24N2O2/c1-14(2)11(8-12(14)17)16-7-3-4-10(13(16)18)15-9-5-6-9/h9-12,15,17H,3-8H2,1-2H3. The number of carbonyl (C=O) groups is 1. The molecule has 2 N–H and O–H groups in total. The fourth-order valence-corrected chi connectivity index (χ4v) is 3.31. The van der Waals surface area contributed by atoms with Gasteiger partial charge in [-0.3, -0.25) is 4.79 Å². The minimum Gasteiger partial charge on any atom is -0.392 e. The minimum atomic E-state index is -0.257. The average Bonchev–Trinajstić information content (AvgIpc) is 3.13. The SMILES string of the molecule is CC1(C)C(O)CC1N1CCCC(NC2CC2)C1=O. The first-order valence-corrected chi connectivity index (χ1v) is 7.24. The van der Waals surface area contributed by atoms with Crippen molar-refractivity contribution in [2.75, 3.05) is 6.54 Å². The van der Waals surface area contributed by atoms with Crippen molar-refractivity contribution in [3.8, 4) is 0 Å². The summed E-state index contributed by atoms with van der Waals surface area (Å²) in [6.07, 6.45) is 4.98. The van der Waals surface area contributed by atoms with Gasteiger partial charge < -0.3 is 15.3 Å². The molecule has 4 nitrogen and oxygen atoms in total. The highest BCUT2D eigenvalue weighted by atomic mass is 16.3. The second-order valence-corrected chi connectivity index (χ2v) is 6.76. The molecule has 1 heterocycles. The Morgan fingerprint density at radius 3 is 2.61 bits per heavy atom. The Labute approximate surface area is 109 Å². The van der Waals surface area contributed by atoms with Crippen molar-refractivity contribution in [2.24, 2.45) is 5.41 Å². The highest BCUT2D eigenvalue weighted by molar-refractivity contribution is 5.83. The molecule has 1 aliphatic heterocycles. The zero-order valence-corrected chi connectivity index (χ0v) is 11.4. The summed E-state index contributed by atoms with van der Waals surface area (Å²) in [6.45, 7) is 5.00. The van der Waals surface area contributed by atoms with E-state index in [0.29, 0.717) is 6.04 Å². The fourth-order valence-electron chi connectivity index (χ4n) is 3.31. The Morgan fingerprint density at radius 1 is 1.33 bits per heavy atom. The molecule has 2 aliphatic carbocycles. The second kappa shape index (κ2) is 4.20. The van der Waals surface area contributed by atoms with Crippen molar-refractivity contribution >= 4 is 5.91 Å². The van der Waals surface area contributed by atoms with Crippen LogP contribution in [0.1, 0.15) is 46.0 Å². The third kappa shape index (κ3) is 1.95. The van der Waals surface area contributed by atoms with Crippen LogP contribution >= 0.6 is 0 Å². The summed E-state index contributed by atoms with van der Waals surface area (Å²) >= 11 is 0. The maximum Gasteiger partial charge on any atom is 0.239 e. The molecule has 3 unspecified atom stereocenters. The molecule has 3 fully saturated rings. The van der Waals surface area contributed by atoms with E-state index in [-0.39, 0.29) is 29.5 Å². The number of likely N-dealkylation sites (tertiary alicyclic amines) is 1. The second-order valence-electron chi connectivity index (χ2n) is 6.76. The normalized spacial score (nSPS) is 39.6. The predicted octanol–water partition coefficient (Wildman–Crippen LogP) is 0.889.